The standard InChI is InChI=1S/C15H23NO5S2/c1-10-13(15(2,3)14(10)21-4)16-23(19,20)12-9-7-6-8-11(12)22(5,17)18/h6-10,13-14,16H,1-5H3. The van der Waals surface area contributed by atoms with Crippen molar-refractivity contribution in [3.8, 4) is 0 Å². The van der Waals surface area contributed by atoms with Gasteiger partial charge in [-0.2, -0.15) is 0 Å². The van der Waals surface area contributed by atoms with Crippen LogP contribution in [-0.2, 0) is 24.6 Å². The number of sulfone groups is 1. The summed E-state index contributed by atoms with van der Waals surface area (Å²) in [5.41, 5.74) is -0.374. The molecule has 8 heteroatoms. The van der Waals surface area contributed by atoms with E-state index in [2.05, 4.69) is 4.72 Å². The summed E-state index contributed by atoms with van der Waals surface area (Å²) in [7, 11) is -5.99. The topological polar surface area (TPSA) is 89.5 Å². The van der Waals surface area contributed by atoms with Crippen LogP contribution in [0, 0.1) is 11.3 Å². The molecule has 1 aliphatic carbocycles. The zero-order chi connectivity index (χ0) is 17.6. The molecule has 0 heterocycles. The Morgan fingerprint density at radius 3 is 2.04 bits per heavy atom. The van der Waals surface area contributed by atoms with E-state index in [1.807, 2.05) is 20.8 Å². The molecule has 0 radical (unpaired) electrons. The van der Waals surface area contributed by atoms with Crippen LogP contribution in [0.2, 0.25) is 0 Å². The van der Waals surface area contributed by atoms with Crippen LogP contribution in [0.1, 0.15) is 20.8 Å². The van der Waals surface area contributed by atoms with Crippen molar-refractivity contribution < 1.29 is 21.6 Å². The van der Waals surface area contributed by atoms with Crippen molar-refractivity contribution in [3.63, 3.8) is 0 Å². The summed E-state index contributed by atoms with van der Waals surface area (Å²) in [5.74, 6) is -0.00447. The molecule has 0 saturated heterocycles. The molecule has 3 unspecified atom stereocenters. The molecule has 23 heavy (non-hydrogen) atoms. The number of sulfonamides is 1. The maximum Gasteiger partial charge on any atom is 0.242 e. The van der Waals surface area contributed by atoms with E-state index in [0.717, 1.165) is 6.26 Å². The molecular formula is C15H23NO5S2. The lowest BCUT2D eigenvalue weighted by molar-refractivity contribution is -0.138. The lowest BCUT2D eigenvalue weighted by atomic mass is 9.58. The third-order valence-corrected chi connectivity index (χ3v) is 7.40. The molecule has 1 fully saturated rings. The molecule has 130 valence electrons. The van der Waals surface area contributed by atoms with Crippen LogP contribution >= 0.6 is 0 Å². The normalized spacial score (nSPS) is 27.4. The molecule has 1 saturated carbocycles. The minimum Gasteiger partial charge on any atom is -0.380 e. The smallest absolute Gasteiger partial charge is 0.242 e. The van der Waals surface area contributed by atoms with Crippen LogP contribution in [0.4, 0.5) is 0 Å². The van der Waals surface area contributed by atoms with Gasteiger partial charge in [0, 0.05) is 24.8 Å². The van der Waals surface area contributed by atoms with E-state index in [-0.39, 0.29) is 33.3 Å². The Hall–Kier alpha value is -0.960. The van der Waals surface area contributed by atoms with Crippen molar-refractivity contribution in [2.45, 2.75) is 42.7 Å². The molecule has 2 rings (SSSR count). The highest BCUT2D eigenvalue weighted by molar-refractivity contribution is 7.93. The van der Waals surface area contributed by atoms with Gasteiger partial charge in [-0.25, -0.2) is 21.6 Å². The Kier molecular flexibility index (Phi) is 4.67. The first-order valence-electron chi connectivity index (χ1n) is 7.27. The van der Waals surface area contributed by atoms with Gasteiger partial charge in [0.25, 0.3) is 0 Å². The second kappa shape index (κ2) is 5.84. The second-order valence-electron chi connectivity index (χ2n) is 6.65. The lowest BCUT2D eigenvalue weighted by Gasteiger charge is -2.56. The third kappa shape index (κ3) is 3.17. The molecule has 3 atom stereocenters. The predicted molar refractivity (Wildman–Crippen MR) is 87.4 cm³/mol. The number of ether oxygens (including phenoxy) is 1. The van der Waals surface area contributed by atoms with Crippen molar-refractivity contribution >= 4 is 19.9 Å². The van der Waals surface area contributed by atoms with E-state index in [4.69, 9.17) is 4.74 Å². The van der Waals surface area contributed by atoms with Crippen molar-refractivity contribution in [2.75, 3.05) is 13.4 Å². The summed E-state index contributed by atoms with van der Waals surface area (Å²) in [6, 6.07) is 5.30. The van der Waals surface area contributed by atoms with Gasteiger partial charge in [-0.3, -0.25) is 0 Å². The summed E-state index contributed by atoms with van der Waals surface area (Å²) in [5, 5.41) is 0. The van der Waals surface area contributed by atoms with Crippen molar-refractivity contribution in [2.24, 2.45) is 11.3 Å². The number of methoxy groups -OCH3 is 1. The monoisotopic (exact) mass is 361 g/mol. The molecule has 1 aromatic rings. The third-order valence-electron chi connectivity index (χ3n) is 4.61. The average molecular weight is 361 g/mol. The first kappa shape index (κ1) is 18.4. The zero-order valence-corrected chi connectivity index (χ0v) is 15.5. The largest absolute Gasteiger partial charge is 0.380 e. The molecule has 1 aliphatic rings. The van der Waals surface area contributed by atoms with Crippen LogP contribution in [-0.4, -0.2) is 42.3 Å². The number of rotatable bonds is 5. The van der Waals surface area contributed by atoms with Gasteiger partial charge < -0.3 is 4.74 Å². The molecular weight excluding hydrogens is 338 g/mol. The molecule has 0 amide bonds. The van der Waals surface area contributed by atoms with Gasteiger partial charge in [-0.05, 0) is 18.1 Å². The van der Waals surface area contributed by atoms with Crippen LogP contribution in [0.25, 0.3) is 0 Å². The molecule has 0 bridgehead atoms. The number of hydrogen-bond acceptors (Lipinski definition) is 5. The highest BCUT2D eigenvalue weighted by atomic mass is 32.2. The van der Waals surface area contributed by atoms with Gasteiger partial charge in [0.15, 0.2) is 9.84 Å². The highest BCUT2D eigenvalue weighted by Crippen LogP contribution is 2.47. The van der Waals surface area contributed by atoms with E-state index in [1.165, 1.54) is 24.3 Å². The van der Waals surface area contributed by atoms with Crippen molar-refractivity contribution in [3.05, 3.63) is 24.3 Å². The summed E-state index contributed by atoms with van der Waals surface area (Å²) in [6.45, 7) is 5.77. The number of nitrogens with one attached hydrogen (secondary N) is 1. The zero-order valence-electron chi connectivity index (χ0n) is 13.9. The Bertz CT molecular complexity index is 799. The van der Waals surface area contributed by atoms with Crippen LogP contribution in [0.5, 0.6) is 0 Å². The summed E-state index contributed by atoms with van der Waals surface area (Å²) < 4.78 is 57.2. The van der Waals surface area contributed by atoms with E-state index in [9.17, 15) is 16.8 Å². The van der Waals surface area contributed by atoms with Crippen LogP contribution in [0.15, 0.2) is 34.1 Å². The first-order valence-corrected chi connectivity index (χ1v) is 10.6. The van der Waals surface area contributed by atoms with Gasteiger partial charge in [0.1, 0.15) is 4.90 Å². The maximum atomic E-state index is 12.7. The summed E-state index contributed by atoms with van der Waals surface area (Å²) in [4.78, 5) is -0.410. The van der Waals surface area contributed by atoms with E-state index >= 15 is 0 Å². The fraction of sp³-hybridized carbons (Fsp3) is 0.600. The number of hydrogen-bond donors (Lipinski definition) is 1. The lowest BCUT2D eigenvalue weighted by Crippen LogP contribution is -2.67. The molecule has 6 nitrogen and oxygen atoms in total. The van der Waals surface area contributed by atoms with Gasteiger partial charge >= 0.3 is 0 Å². The van der Waals surface area contributed by atoms with E-state index < -0.39 is 19.9 Å². The van der Waals surface area contributed by atoms with Gasteiger partial charge in [0.2, 0.25) is 10.0 Å². The summed E-state index contributed by atoms with van der Waals surface area (Å²) >= 11 is 0. The fourth-order valence-electron chi connectivity index (χ4n) is 3.58. The maximum absolute atomic E-state index is 12.7. The SMILES string of the molecule is COC1C(C)C(NS(=O)(=O)c2ccccc2S(C)(=O)=O)C1(C)C. The predicted octanol–water partition coefficient (Wildman–Crippen LogP) is 1.43. The van der Waals surface area contributed by atoms with Crippen LogP contribution < -0.4 is 4.72 Å². The highest BCUT2D eigenvalue weighted by Gasteiger charge is 2.56. The van der Waals surface area contributed by atoms with Crippen molar-refractivity contribution in [1.82, 2.24) is 4.72 Å². The van der Waals surface area contributed by atoms with Gasteiger partial charge in [-0.15, -0.1) is 0 Å². The Morgan fingerprint density at radius 1 is 1.09 bits per heavy atom. The number of benzene rings is 1. The Labute approximate surface area is 138 Å². The van der Waals surface area contributed by atoms with E-state index in [0.29, 0.717) is 0 Å². The molecule has 1 N–H and O–H groups in total. The quantitative estimate of drug-likeness (QED) is 0.857. The van der Waals surface area contributed by atoms with E-state index in [1.54, 1.807) is 7.11 Å². The van der Waals surface area contributed by atoms with Gasteiger partial charge in [-0.1, -0.05) is 32.9 Å². The Balaban J connectivity index is 2.39. The summed E-state index contributed by atoms with van der Waals surface area (Å²) in [6.07, 6.45) is 0.943. The molecule has 0 aromatic heterocycles. The Morgan fingerprint density at radius 2 is 1.61 bits per heavy atom. The van der Waals surface area contributed by atoms with Crippen molar-refractivity contribution in [1.29, 1.82) is 0 Å². The average Bonchev–Trinajstić information content (AvgIpc) is 2.44. The molecule has 0 aliphatic heterocycles. The van der Waals surface area contributed by atoms with Crippen LogP contribution in [0.3, 0.4) is 0 Å². The fourth-order valence-corrected chi connectivity index (χ4v) is 6.69. The second-order valence-corrected chi connectivity index (χ2v) is 10.3. The van der Waals surface area contributed by atoms with Gasteiger partial charge in [0.05, 0.1) is 11.0 Å². The minimum atomic E-state index is -3.95. The molecule has 0 spiro atoms. The first-order chi connectivity index (χ1) is 10.4. The molecule has 1 aromatic carbocycles. The minimum absolute atomic E-state index is 0.00447.